The van der Waals surface area contributed by atoms with E-state index in [-0.39, 0.29) is 24.0 Å². The van der Waals surface area contributed by atoms with Crippen LogP contribution in [0.15, 0.2) is 54.6 Å². The lowest BCUT2D eigenvalue weighted by atomic mass is 10.0. The van der Waals surface area contributed by atoms with Crippen molar-refractivity contribution >= 4 is 23.2 Å². The molecule has 2 amide bonds. The maximum Gasteiger partial charge on any atom is 0.255 e. The molecular weight excluding hydrogens is 416 g/mol. The van der Waals surface area contributed by atoms with Crippen LogP contribution in [-0.2, 0) is 25.7 Å². The average molecular weight is 443 g/mol. The van der Waals surface area contributed by atoms with Gasteiger partial charge in [0.05, 0.1) is 12.2 Å². The van der Waals surface area contributed by atoms with Gasteiger partial charge in [-0.3, -0.25) is 9.59 Å². The first-order valence-electron chi connectivity index (χ1n) is 11.2. The molecule has 0 heterocycles. The summed E-state index contributed by atoms with van der Waals surface area (Å²) in [5.74, 6) is -0.587. The Morgan fingerprint density at radius 1 is 0.667 bits per heavy atom. The van der Waals surface area contributed by atoms with Gasteiger partial charge in [-0.15, -0.1) is 0 Å². The van der Waals surface area contributed by atoms with Gasteiger partial charge in [-0.2, -0.15) is 0 Å². The van der Waals surface area contributed by atoms with E-state index < -0.39 is 0 Å². The van der Waals surface area contributed by atoms with E-state index in [1.165, 1.54) is 0 Å². The summed E-state index contributed by atoms with van der Waals surface area (Å²) >= 11 is 0. The Labute approximate surface area is 192 Å². The molecule has 33 heavy (non-hydrogen) atoms. The lowest BCUT2D eigenvalue weighted by Crippen LogP contribution is -2.16. The molecule has 6 heteroatoms. The molecule has 2 aliphatic carbocycles. The lowest BCUT2D eigenvalue weighted by Gasteiger charge is -2.11. The predicted molar refractivity (Wildman–Crippen MR) is 127 cm³/mol. The van der Waals surface area contributed by atoms with Crippen LogP contribution in [0, 0.1) is 6.92 Å². The van der Waals surface area contributed by atoms with E-state index in [1.807, 2.05) is 43.3 Å². The molecule has 0 aromatic heterocycles. The molecule has 0 fully saturated rings. The molecule has 2 unspecified atom stereocenters. The zero-order valence-electron chi connectivity index (χ0n) is 18.4. The standard InChI is InChI=1S/C27H26N2O4/c1-15-6-20(26(32)28-22-4-2-16-11-24(30)13-18(16)9-22)8-21(7-15)27(33)29-23-5-3-17-12-25(31)14-19(17)10-23/h2-10,24-25,30-31H,11-14H2,1H3,(H,28,32)(H,29,33). The zero-order chi connectivity index (χ0) is 23.1. The fourth-order valence-corrected chi connectivity index (χ4v) is 4.80. The van der Waals surface area contributed by atoms with Crippen molar-refractivity contribution in [3.8, 4) is 0 Å². The highest BCUT2D eigenvalue weighted by atomic mass is 16.3. The summed E-state index contributed by atoms with van der Waals surface area (Å²) in [5, 5.41) is 25.5. The van der Waals surface area contributed by atoms with Crippen LogP contribution in [-0.4, -0.2) is 34.2 Å². The summed E-state index contributed by atoms with van der Waals surface area (Å²) < 4.78 is 0. The Bertz CT molecular complexity index is 1170. The number of aliphatic hydroxyl groups excluding tert-OH is 2. The number of amides is 2. The van der Waals surface area contributed by atoms with Crippen molar-refractivity contribution in [2.75, 3.05) is 10.6 Å². The minimum Gasteiger partial charge on any atom is -0.392 e. The van der Waals surface area contributed by atoms with E-state index in [0.717, 1.165) is 27.8 Å². The lowest BCUT2D eigenvalue weighted by molar-refractivity contribution is 0.102. The number of nitrogens with one attached hydrogen (secondary N) is 2. The van der Waals surface area contributed by atoms with E-state index in [9.17, 15) is 19.8 Å². The monoisotopic (exact) mass is 442 g/mol. The van der Waals surface area contributed by atoms with Crippen LogP contribution >= 0.6 is 0 Å². The third-order valence-electron chi connectivity index (χ3n) is 6.35. The van der Waals surface area contributed by atoms with Crippen LogP contribution in [0.3, 0.4) is 0 Å². The molecule has 168 valence electrons. The molecule has 0 saturated heterocycles. The molecule has 4 N–H and O–H groups in total. The number of fused-ring (bicyclic) bond motifs is 2. The molecule has 0 radical (unpaired) electrons. The first-order valence-corrected chi connectivity index (χ1v) is 11.2. The quantitative estimate of drug-likeness (QED) is 0.498. The van der Waals surface area contributed by atoms with Crippen molar-refractivity contribution in [1.82, 2.24) is 0 Å². The van der Waals surface area contributed by atoms with Gasteiger partial charge >= 0.3 is 0 Å². The van der Waals surface area contributed by atoms with Crippen LogP contribution in [0.1, 0.15) is 48.5 Å². The Kier molecular flexibility index (Phi) is 5.48. The molecule has 2 aliphatic rings. The minimum absolute atomic E-state index is 0.294. The highest BCUT2D eigenvalue weighted by molar-refractivity contribution is 6.09. The van der Waals surface area contributed by atoms with Crippen LogP contribution in [0.5, 0.6) is 0 Å². The van der Waals surface area contributed by atoms with Crippen molar-refractivity contribution < 1.29 is 19.8 Å². The number of benzene rings is 3. The number of carbonyl (C=O) groups is 2. The van der Waals surface area contributed by atoms with Gasteiger partial charge in [-0.05, 0) is 103 Å². The maximum atomic E-state index is 12.9. The molecule has 3 aromatic rings. The van der Waals surface area contributed by atoms with Crippen LogP contribution in [0.25, 0.3) is 0 Å². The molecule has 3 aromatic carbocycles. The smallest absolute Gasteiger partial charge is 0.255 e. The minimum atomic E-state index is -0.362. The van der Waals surface area contributed by atoms with Gasteiger partial charge in [0.1, 0.15) is 0 Å². The van der Waals surface area contributed by atoms with Gasteiger partial charge in [-0.1, -0.05) is 12.1 Å². The van der Waals surface area contributed by atoms with E-state index in [1.54, 1.807) is 18.2 Å². The van der Waals surface area contributed by atoms with Gasteiger partial charge in [0, 0.05) is 22.5 Å². The summed E-state index contributed by atoms with van der Waals surface area (Å²) in [6, 6.07) is 16.4. The highest BCUT2D eigenvalue weighted by Crippen LogP contribution is 2.27. The Morgan fingerprint density at radius 2 is 1.09 bits per heavy atom. The topological polar surface area (TPSA) is 98.7 Å². The van der Waals surface area contributed by atoms with Gasteiger partial charge in [-0.25, -0.2) is 0 Å². The number of hydrogen-bond acceptors (Lipinski definition) is 4. The summed E-state index contributed by atoms with van der Waals surface area (Å²) in [5.41, 5.74) is 7.25. The van der Waals surface area contributed by atoms with Gasteiger partial charge in [0.25, 0.3) is 11.8 Å². The van der Waals surface area contributed by atoms with Crippen LogP contribution < -0.4 is 10.6 Å². The Balaban J connectivity index is 1.32. The number of aliphatic hydroxyl groups is 2. The fourth-order valence-electron chi connectivity index (χ4n) is 4.80. The van der Waals surface area contributed by atoms with E-state index >= 15 is 0 Å². The van der Waals surface area contributed by atoms with E-state index in [2.05, 4.69) is 10.6 Å². The normalized spacial score (nSPS) is 18.5. The van der Waals surface area contributed by atoms with Crippen molar-refractivity contribution in [2.45, 2.75) is 44.8 Å². The second kappa shape index (κ2) is 8.46. The van der Waals surface area contributed by atoms with Crippen LogP contribution in [0.4, 0.5) is 11.4 Å². The van der Waals surface area contributed by atoms with Crippen LogP contribution in [0.2, 0.25) is 0 Å². The maximum absolute atomic E-state index is 12.9. The molecular formula is C27H26N2O4. The Hall–Kier alpha value is -3.48. The number of carbonyl (C=O) groups excluding carboxylic acids is 2. The average Bonchev–Trinajstić information content (AvgIpc) is 3.32. The van der Waals surface area contributed by atoms with Crippen molar-refractivity contribution in [3.05, 3.63) is 93.5 Å². The number of hydrogen-bond donors (Lipinski definition) is 4. The van der Waals surface area contributed by atoms with Gasteiger partial charge in [0.15, 0.2) is 0 Å². The predicted octanol–water partition coefficient (Wildman–Crippen LogP) is 3.42. The second-order valence-corrected chi connectivity index (χ2v) is 9.09. The summed E-state index contributed by atoms with van der Waals surface area (Å²) in [4.78, 5) is 25.8. The molecule has 6 nitrogen and oxygen atoms in total. The third-order valence-corrected chi connectivity index (χ3v) is 6.35. The molecule has 0 aliphatic heterocycles. The number of rotatable bonds is 4. The number of anilines is 2. The second-order valence-electron chi connectivity index (χ2n) is 9.09. The summed E-state index contributed by atoms with van der Waals surface area (Å²) in [6.07, 6.45) is 1.75. The molecule has 0 bridgehead atoms. The summed E-state index contributed by atoms with van der Waals surface area (Å²) in [7, 11) is 0. The van der Waals surface area contributed by atoms with E-state index in [4.69, 9.17) is 0 Å². The highest BCUT2D eigenvalue weighted by Gasteiger charge is 2.21. The van der Waals surface area contributed by atoms with Crippen molar-refractivity contribution in [3.63, 3.8) is 0 Å². The van der Waals surface area contributed by atoms with Gasteiger partial charge in [0.2, 0.25) is 0 Å². The fraction of sp³-hybridized carbons (Fsp3) is 0.259. The zero-order valence-corrected chi connectivity index (χ0v) is 18.4. The van der Waals surface area contributed by atoms with E-state index in [0.29, 0.717) is 48.2 Å². The first kappa shape index (κ1) is 21.4. The SMILES string of the molecule is Cc1cc(C(=O)Nc2ccc3c(c2)CC(O)C3)cc(C(=O)Nc2ccc3c(c2)CC(O)C3)c1. The molecule has 5 rings (SSSR count). The summed E-state index contributed by atoms with van der Waals surface area (Å²) in [6.45, 7) is 1.85. The Morgan fingerprint density at radius 3 is 1.55 bits per heavy atom. The molecule has 2 atom stereocenters. The van der Waals surface area contributed by atoms with Crippen molar-refractivity contribution in [1.29, 1.82) is 0 Å². The molecule has 0 spiro atoms. The van der Waals surface area contributed by atoms with Crippen molar-refractivity contribution in [2.24, 2.45) is 0 Å². The molecule has 0 saturated carbocycles. The first-order chi connectivity index (χ1) is 15.8. The van der Waals surface area contributed by atoms with Gasteiger partial charge < -0.3 is 20.8 Å². The third kappa shape index (κ3) is 4.53. The largest absolute Gasteiger partial charge is 0.392 e. The number of aryl methyl sites for hydroxylation is 1.